The molecule has 3 rings (SSSR count). The van der Waals surface area contributed by atoms with Gasteiger partial charge in [-0.25, -0.2) is 14.4 Å². The average molecular weight is 345 g/mol. The van der Waals surface area contributed by atoms with Crippen LogP contribution >= 0.6 is 0 Å². The summed E-state index contributed by atoms with van der Waals surface area (Å²) in [6, 6.07) is 5.40. The van der Waals surface area contributed by atoms with Crippen molar-refractivity contribution in [1.29, 1.82) is 0 Å². The number of rotatable bonds is 5. The smallest absolute Gasteiger partial charge is 0.251 e. The first-order valence-corrected chi connectivity index (χ1v) is 8.14. The Morgan fingerprint density at radius 3 is 2.60 bits per heavy atom. The van der Waals surface area contributed by atoms with E-state index in [1.807, 2.05) is 0 Å². The van der Waals surface area contributed by atoms with Crippen LogP contribution in [0, 0.1) is 5.82 Å². The van der Waals surface area contributed by atoms with Gasteiger partial charge in [0.1, 0.15) is 0 Å². The molecule has 1 aromatic heterocycles. The second-order valence-electron chi connectivity index (χ2n) is 5.80. The molecule has 0 saturated carbocycles. The van der Waals surface area contributed by atoms with Crippen LogP contribution in [0.4, 0.5) is 10.3 Å². The molecule has 132 valence electrons. The number of halogens is 1. The Labute approximate surface area is 145 Å². The van der Waals surface area contributed by atoms with Crippen molar-refractivity contribution in [2.24, 2.45) is 0 Å². The minimum atomic E-state index is -0.799. The molecule has 1 aromatic carbocycles. The molecule has 0 aliphatic carbocycles. The Bertz CT molecular complexity index is 720. The molecular formula is C17H20FN5O2. The monoisotopic (exact) mass is 345 g/mol. The summed E-state index contributed by atoms with van der Waals surface area (Å²) < 4.78 is 13.3. The van der Waals surface area contributed by atoms with Gasteiger partial charge < -0.3 is 15.3 Å². The summed E-state index contributed by atoms with van der Waals surface area (Å²) in [7, 11) is 0. The van der Waals surface area contributed by atoms with E-state index in [1.165, 1.54) is 12.1 Å². The number of aromatic hydroxyl groups is 1. The number of benzene rings is 1. The molecule has 1 amide bonds. The van der Waals surface area contributed by atoms with Crippen molar-refractivity contribution < 1.29 is 14.3 Å². The standard InChI is InChI=1S/C17H20FN5O2/c18-14-12-13(2-3-15(14)24)16(25)19-6-7-22-8-10-23(11-9-22)17-20-4-1-5-21-17/h1-5,12,24H,6-11H2,(H,19,25). The van der Waals surface area contributed by atoms with Crippen LogP contribution in [-0.4, -0.2) is 65.2 Å². The molecule has 1 aliphatic heterocycles. The summed E-state index contributed by atoms with van der Waals surface area (Å²) in [5.74, 6) is -0.872. The van der Waals surface area contributed by atoms with Crippen LogP contribution in [0.5, 0.6) is 5.75 Å². The molecular weight excluding hydrogens is 325 g/mol. The summed E-state index contributed by atoms with van der Waals surface area (Å²) in [6.45, 7) is 4.59. The van der Waals surface area contributed by atoms with Gasteiger partial charge in [-0.3, -0.25) is 9.69 Å². The van der Waals surface area contributed by atoms with Crippen LogP contribution in [0.2, 0.25) is 0 Å². The maximum Gasteiger partial charge on any atom is 0.251 e. The second-order valence-corrected chi connectivity index (χ2v) is 5.80. The highest BCUT2D eigenvalue weighted by Crippen LogP contribution is 2.16. The van der Waals surface area contributed by atoms with Crippen molar-refractivity contribution in [3.05, 3.63) is 48.0 Å². The molecule has 0 atom stereocenters. The lowest BCUT2D eigenvalue weighted by molar-refractivity contribution is 0.0947. The molecule has 0 bridgehead atoms. The van der Waals surface area contributed by atoms with E-state index in [1.54, 1.807) is 18.5 Å². The average Bonchev–Trinajstić information content (AvgIpc) is 2.65. The minimum absolute atomic E-state index is 0.196. The molecule has 2 aromatic rings. The van der Waals surface area contributed by atoms with Gasteiger partial charge in [0.25, 0.3) is 5.91 Å². The third kappa shape index (κ3) is 4.42. The Balaban J connectivity index is 1.41. The van der Waals surface area contributed by atoms with Gasteiger partial charge in [0.2, 0.25) is 5.95 Å². The van der Waals surface area contributed by atoms with Crippen molar-refractivity contribution in [3.63, 3.8) is 0 Å². The first-order valence-electron chi connectivity index (χ1n) is 8.14. The van der Waals surface area contributed by atoms with Crippen LogP contribution < -0.4 is 10.2 Å². The summed E-state index contributed by atoms with van der Waals surface area (Å²) in [5.41, 5.74) is 0.196. The fraction of sp³-hybridized carbons (Fsp3) is 0.353. The first-order chi connectivity index (χ1) is 12.1. The number of phenolic OH excluding ortho intramolecular Hbond substituents is 1. The van der Waals surface area contributed by atoms with E-state index in [0.29, 0.717) is 6.54 Å². The fourth-order valence-electron chi connectivity index (χ4n) is 2.70. The van der Waals surface area contributed by atoms with Crippen LogP contribution in [-0.2, 0) is 0 Å². The van der Waals surface area contributed by atoms with Gasteiger partial charge in [0.05, 0.1) is 0 Å². The van der Waals surface area contributed by atoms with Crippen LogP contribution in [0.15, 0.2) is 36.7 Å². The summed E-state index contributed by atoms with van der Waals surface area (Å²) in [5, 5.41) is 11.9. The van der Waals surface area contributed by atoms with E-state index in [2.05, 4.69) is 25.1 Å². The number of aromatic nitrogens is 2. The maximum atomic E-state index is 13.3. The number of piperazine rings is 1. The third-order valence-electron chi connectivity index (χ3n) is 4.13. The van der Waals surface area contributed by atoms with Gasteiger partial charge in [0, 0.05) is 57.2 Å². The number of anilines is 1. The van der Waals surface area contributed by atoms with E-state index >= 15 is 0 Å². The zero-order valence-corrected chi connectivity index (χ0v) is 13.7. The zero-order valence-electron chi connectivity index (χ0n) is 13.7. The van der Waals surface area contributed by atoms with Crippen molar-refractivity contribution in [2.75, 3.05) is 44.2 Å². The first kappa shape index (κ1) is 17.1. The molecule has 7 nitrogen and oxygen atoms in total. The Morgan fingerprint density at radius 1 is 1.20 bits per heavy atom. The number of amides is 1. The van der Waals surface area contributed by atoms with Crippen molar-refractivity contribution >= 4 is 11.9 Å². The number of carbonyl (C=O) groups is 1. The van der Waals surface area contributed by atoms with Crippen LogP contribution in [0.25, 0.3) is 0 Å². The molecule has 2 heterocycles. The van der Waals surface area contributed by atoms with E-state index in [9.17, 15) is 9.18 Å². The SMILES string of the molecule is O=C(NCCN1CCN(c2ncccn2)CC1)c1ccc(O)c(F)c1. The van der Waals surface area contributed by atoms with Crippen LogP contribution in [0.1, 0.15) is 10.4 Å². The van der Waals surface area contributed by atoms with E-state index in [0.717, 1.165) is 44.7 Å². The third-order valence-corrected chi connectivity index (χ3v) is 4.13. The Morgan fingerprint density at radius 2 is 1.92 bits per heavy atom. The van der Waals surface area contributed by atoms with Gasteiger partial charge in [-0.2, -0.15) is 0 Å². The fourth-order valence-corrected chi connectivity index (χ4v) is 2.70. The number of nitrogens with zero attached hydrogens (tertiary/aromatic N) is 4. The summed E-state index contributed by atoms with van der Waals surface area (Å²) in [4.78, 5) is 24.9. The lowest BCUT2D eigenvalue weighted by atomic mass is 10.2. The van der Waals surface area contributed by atoms with E-state index in [-0.39, 0.29) is 11.5 Å². The predicted octanol–water partition coefficient (Wildman–Crippen LogP) is 0.873. The molecule has 2 N–H and O–H groups in total. The van der Waals surface area contributed by atoms with Gasteiger partial charge in [-0.05, 0) is 24.3 Å². The second kappa shape index (κ2) is 7.89. The summed E-state index contributed by atoms with van der Waals surface area (Å²) in [6.07, 6.45) is 3.47. The highest BCUT2D eigenvalue weighted by atomic mass is 19.1. The molecule has 0 spiro atoms. The van der Waals surface area contributed by atoms with Crippen molar-refractivity contribution in [2.45, 2.75) is 0 Å². The number of carbonyl (C=O) groups excluding carboxylic acids is 1. The highest BCUT2D eigenvalue weighted by molar-refractivity contribution is 5.94. The van der Waals surface area contributed by atoms with Gasteiger partial charge >= 0.3 is 0 Å². The molecule has 0 radical (unpaired) electrons. The van der Waals surface area contributed by atoms with Gasteiger partial charge in [-0.15, -0.1) is 0 Å². The Hall–Kier alpha value is -2.74. The molecule has 1 fully saturated rings. The quantitative estimate of drug-likeness (QED) is 0.837. The molecule has 1 aliphatic rings. The number of phenols is 1. The van der Waals surface area contributed by atoms with Crippen LogP contribution in [0.3, 0.4) is 0 Å². The van der Waals surface area contributed by atoms with Gasteiger partial charge in [-0.1, -0.05) is 0 Å². The lowest BCUT2D eigenvalue weighted by Crippen LogP contribution is -2.49. The zero-order chi connectivity index (χ0) is 17.6. The summed E-state index contributed by atoms with van der Waals surface area (Å²) >= 11 is 0. The van der Waals surface area contributed by atoms with Crippen molar-refractivity contribution in [3.8, 4) is 5.75 Å². The number of hydrogen-bond donors (Lipinski definition) is 2. The minimum Gasteiger partial charge on any atom is -0.505 e. The highest BCUT2D eigenvalue weighted by Gasteiger charge is 2.18. The van der Waals surface area contributed by atoms with E-state index in [4.69, 9.17) is 5.11 Å². The number of hydrogen-bond acceptors (Lipinski definition) is 6. The molecule has 0 unspecified atom stereocenters. The van der Waals surface area contributed by atoms with Crippen molar-refractivity contribution in [1.82, 2.24) is 20.2 Å². The lowest BCUT2D eigenvalue weighted by Gasteiger charge is -2.34. The topological polar surface area (TPSA) is 81.6 Å². The maximum absolute atomic E-state index is 13.3. The van der Waals surface area contributed by atoms with Gasteiger partial charge in [0.15, 0.2) is 11.6 Å². The molecule has 8 heteroatoms. The molecule has 1 saturated heterocycles. The Kier molecular flexibility index (Phi) is 5.39. The largest absolute Gasteiger partial charge is 0.505 e. The normalized spacial score (nSPS) is 15.2. The number of nitrogens with one attached hydrogen (secondary N) is 1. The predicted molar refractivity (Wildman–Crippen MR) is 91.1 cm³/mol. The molecule has 25 heavy (non-hydrogen) atoms. The van der Waals surface area contributed by atoms with E-state index < -0.39 is 11.6 Å².